The van der Waals surface area contributed by atoms with E-state index < -0.39 is 0 Å². The van der Waals surface area contributed by atoms with Crippen LogP contribution < -0.4 is 5.32 Å². The highest BCUT2D eigenvalue weighted by atomic mass is 32.1. The van der Waals surface area contributed by atoms with Crippen LogP contribution in [0.3, 0.4) is 0 Å². The molecule has 10 heteroatoms. The molecule has 38 heavy (non-hydrogen) atoms. The number of nitrogens with one attached hydrogen (secondary N) is 3. The molecule has 3 N–H and O–H groups in total. The third-order valence-electron chi connectivity index (χ3n) is 6.22. The number of aromatic amines is 2. The lowest BCUT2D eigenvalue weighted by atomic mass is 10.1. The SMILES string of the molecule is O=C(Nc1cncc(-c2cnc3[nH]nc(-c4nc5c(-c6ccsc6)ccnc5[nH]4)c3c2)c1)c1ccccc1. The number of carbonyl (C=O) groups is 1. The molecule has 0 spiro atoms. The summed E-state index contributed by atoms with van der Waals surface area (Å²) in [6, 6.07) is 16.9. The van der Waals surface area contributed by atoms with Crippen molar-refractivity contribution in [2.75, 3.05) is 5.32 Å². The molecule has 1 amide bonds. The summed E-state index contributed by atoms with van der Waals surface area (Å²) in [5.41, 5.74) is 7.67. The summed E-state index contributed by atoms with van der Waals surface area (Å²) < 4.78 is 0. The zero-order valence-electron chi connectivity index (χ0n) is 19.7. The molecule has 0 radical (unpaired) electrons. The van der Waals surface area contributed by atoms with E-state index in [0.29, 0.717) is 34.1 Å². The van der Waals surface area contributed by atoms with Gasteiger partial charge in [0, 0.05) is 40.8 Å². The largest absolute Gasteiger partial charge is 0.321 e. The minimum Gasteiger partial charge on any atom is -0.321 e. The average Bonchev–Trinajstić information content (AvgIpc) is 3.73. The molecule has 0 aliphatic carbocycles. The molecule has 9 nitrogen and oxygen atoms in total. The predicted octanol–water partition coefficient (Wildman–Crippen LogP) is 5.94. The van der Waals surface area contributed by atoms with Gasteiger partial charge < -0.3 is 10.3 Å². The number of pyridine rings is 3. The molecule has 0 aliphatic heterocycles. The van der Waals surface area contributed by atoms with E-state index in [1.165, 1.54) is 0 Å². The number of amides is 1. The average molecular weight is 515 g/mol. The van der Waals surface area contributed by atoms with E-state index in [1.54, 1.807) is 48.3 Å². The van der Waals surface area contributed by atoms with Gasteiger partial charge in [0.15, 0.2) is 17.1 Å². The molecule has 1 aromatic carbocycles. The molecule has 0 saturated heterocycles. The first-order valence-corrected chi connectivity index (χ1v) is 12.7. The van der Waals surface area contributed by atoms with Gasteiger partial charge in [-0.2, -0.15) is 16.4 Å². The molecule has 0 unspecified atom stereocenters. The quantitative estimate of drug-likeness (QED) is 0.261. The van der Waals surface area contributed by atoms with E-state index in [4.69, 9.17) is 4.98 Å². The third kappa shape index (κ3) is 3.89. The normalized spacial score (nSPS) is 11.3. The molecule has 0 bridgehead atoms. The van der Waals surface area contributed by atoms with Gasteiger partial charge in [-0.3, -0.25) is 14.9 Å². The highest BCUT2D eigenvalue weighted by Gasteiger charge is 2.17. The maximum atomic E-state index is 12.6. The Morgan fingerprint density at radius 1 is 0.895 bits per heavy atom. The maximum absolute atomic E-state index is 12.6. The topological polar surface area (TPSA) is 125 Å². The Bertz CT molecular complexity index is 1930. The van der Waals surface area contributed by atoms with E-state index in [-0.39, 0.29) is 5.91 Å². The summed E-state index contributed by atoms with van der Waals surface area (Å²) >= 11 is 1.64. The Labute approximate surface area is 219 Å². The van der Waals surface area contributed by atoms with Crippen molar-refractivity contribution in [3.63, 3.8) is 0 Å². The van der Waals surface area contributed by atoms with Crippen molar-refractivity contribution in [3.8, 4) is 33.8 Å². The Balaban J connectivity index is 1.25. The fraction of sp³-hybridized carbons (Fsp3) is 0. The smallest absolute Gasteiger partial charge is 0.255 e. The van der Waals surface area contributed by atoms with Gasteiger partial charge in [0.2, 0.25) is 0 Å². The van der Waals surface area contributed by atoms with Crippen molar-refractivity contribution in [1.29, 1.82) is 0 Å². The van der Waals surface area contributed by atoms with Gasteiger partial charge in [0.05, 0.1) is 17.3 Å². The molecular formula is C28H18N8OS. The number of nitrogens with zero attached hydrogens (tertiary/aromatic N) is 5. The van der Waals surface area contributed by atoms with Crippen LogP contribution in [0.2, 0.25) is 0 Å². The number of fused-ring (bicyclic) bond motifs is 2. The summed E-state index contributed by atoms with van der Waals surface area (Å²) in [7, 11) is 0. The summed E-state index contributed by atoms with van der Waals surface area (Å²) in [6.45, 7) is 0. The van der Waals surface area contributed by atoms with E-state index in [9.17, 15) is 4.79 Å². The first kappa shape index (κ1) is 22.0. The van der Waals surface area contributed by atoms with E-state index >= 15 is 0 Å². The Hall–Kier alpha value is -5.22. The number of carbonyl (C=O) groups excluding carboxylic acids is 1. The number of hydrogen-bond donors (Lipinski definition) is 3. The molecule has 0 saturated carbocycles. The van der Waals surface area contributed by atoms with Gasteiger partial charge in [-0.25, -0.2) is 15.0 Å². The predicted molar refractivity (Wildman–Crippen MR) is 148 cm³/mol. The summed E-state index contributed by atoms with van der Waals surface area (Å²) in [6.07, 6.45) is 6.88. The van der Waals surface area contributed by atoms with Gasteiger partial charge in [-0.1, -0.05) is 18.2 Å². The number of imidazole rings is 1. The van der Waals surface area contributed by atoms with Crippen molar-refractivity contribution in [2.24, 2.45) is 0 Å². The lowest BCUT2D eigenvalue weighted by Gasteiger charge is -2.07. The summed E-state index contributed by atoms with van der Waals surface area (Å²) in [5.74, 6) is 0.401. The van der Waals surface area contributed by atoms with E-state index in [0.717, 1.165) is 33.2 Å². The number of hydrogen-bond acceptors (Lipinski definition) is 7. The molecule has 6 heterocycles. The summed E-state index contributed by atoms with van der Waals surface area (Å²) in [5, 5.41) is 15.3. The van der Waals surface area contributed by atoms with Crippen molar-refractivity contribution in [3.05, 3.63) is 95.7 Å². The fourth-order valence-corrected chi connectivity index (χ4v) is 5.03. The number of H-pyrrole nitrogens is 2. The van der Waals surface area contributed by atoms with Crippen LogP contribution in [0.5, 0.6) is 0 Å². The second-order valence-electron chi connectivity index (χ2n) is 8.63. The molecule has 0 fully saturated rings. The van der Waals surface area contributed by atoms with Gasteiger partial charge in [-0.15, -0.1) is 0 Å². The first-order chi connectivity index (χ1) is 18.7. The van der Waals surface area contributed by atoms with Gasteiger partial charge in [-0.05, 0) is 52.7 Å². The number of anilines is 1. The van der Waals surface area contributed by atoms with Crippen LogP contribution in [0.15, 0.2) is 90.1 Å². The lowest BCUT2D eigenvalue weighted by Crippen LogP contribution is -2.11. The van der Waals surface area contributed by atoms with Crippen LogP contribution in [-0.4, -0.2) is 41.0 Å². The molecule has 7 aromatic rings. The second kappa shape index (κ2) is 9.02. The van der Waals surface area contributed by atoms with E-state index in [2.05, 4.69) is 46.9 Å². The van der Waals surface area contributed by atoms with Crippen molar-refractivity contribution in [2.45, 2.75) is 0 Å². The van der Waals surface area contributed by atoms with Crippen LogP contribution in [0.4, 0.5) is 5.69 Å². The minimum atomic E-state index is -0.199. The molecule has 0 atom stereocenters. The monoisotopic (exact) mass is 514 g/mol. The van der Waals surface area contributed by atoms with Gasteiger partial charge in [0.25, 0.3) is 5.91 Å². The first-order valence-electron chi connectivity index (χ1n) is 11.8. The van der Waals surface area contributed by atoms with Crippen LogP contribution >= 0.6 is 11.3 Å². The Morgan fingerprint density at radius 2 is 1.79 bits per heavy atom. The van der Waals surface area contributed by atoms with Crippen LogP contribution in [0.1, 0.15) is 10.4 Å². The number of aromatic nitrogens is 7. The molecule has 182 valence electrons. The molecule has 6 aromatic heterocycles. The zero-order chi connectivity index (χ0) is 25.5. The molecule has 0 aliphatic rings. The van der Waals surface area contributed by atoms with Gasteiger partial charge in [0.1, 0.15) is 11.2 Å². The number of rotatable bonds is 5. The number of thiophene rings is 1. The van der Waals surface area contributed by atoms with Crippen LogP contribution in [0, 0.1) is 0 Å². The third-order valence-corrected chi connectivity index (χ3v) is 6.91. The zero-order valence-corrected chi connectivity index (χ0v) is 20.5. The second-order valence-corrected chi connectivity index (χ2v) is 9.41. The minimum absolute atomic E-state index is 0.199. The highest BCUT2D eigenvalue weighted by Crippen LogP contribution is 2.32. The fourth-order valence-electron chi connectivity index (χ4n) is 4.37. The van der Waals surface area contributed by atoms with E-state index in [1.807, 2.05) is 41.8 Å². The Morgan fingerprint density at radius 3 is 2.66 bits per heavy atom. The van der Waals surface area contributed by atoms with Crippen LogP contribution in [0.25, 0.3) is 56.0 Å². The standard InChI is InChI=1S/C28H18N8OS/c37-28(16-4-2-1-3-5-16)32-20-10-18(12-29-14-20)19-11-22-24(35-36-25(22)31-13-19)27-33-23-21(17-7-9-38-15-17)6-8-30-26(23)34-27/h1-15H,(H,32,37)(H,30,33,34)(H,31,35,36). The lowest BCUT2D eigenvalue weighted by molar-refractivity contribution is 0.102. The number of benzene rings is 1. The van der Waals surface area contributed by atoms with Crippen molar-refractivity contribution >= 4 is 45.1 Å². The van der Waals surface area contributed by atoms with Gasteiger partial charge >= 0.3 is 0 Å². The molecule has 7 rings (SSSR count). The Kier molecular flexibility index (Phi) is 5.22. The molecular weight excluding hydrogens is 496 g/mol. The van der Waals surface area contributed by atoms with Crippen LogP contribution in [-0.2, 0) is 0 Å². The van der Waals surface area contributed by atoms with Crippen molar-refractivity contribution in [1.82, 2.24) is 35.1 Å². The highest BCUT2D eigenvalue weighted by molar-refractivity contribution is 7.08. The van der Waals surface area contributed by atoms with Crippen molar-refractivity contribution < 1.29 is 4.79 Å². The summed E-state index contributed by atoms with van der Waals surface area (Å²) in [4.78, 5) is 34.1. The maximum Gasteiger partial charge on any atom is 0.255 e.